The van der Waals surface area contributed by atoms with E-state index in [1.165, 1.54) is 25.0 Å². The highest BCUT2D eigenvalue weighted by Crippen LogP contribution is 2.34. The van der Waals surface area contributed by atoms with Gasteiger partial charge < -0.3 is 5.73 Å². The molecule has 1 fully saturated rings. The summed E-state index contributed by atoms with van der Waals surface area (Å²) in [4.78, 5) is 2.13. The van der Waals surface area contributed by atoms with Gasteiger partial charge in [0.2, 0.25) is 0 Å². The average Bonchev–Trinajstić information content (AvgIpc) is 2.55. The maximum Gasteiger partial charge on any atom is 0.416 e. The van der Waals surface area contributed by atoms with Gasteiger partial charge >= 0.3 is 6.18 Å². The van der Waals surface area contributed by atoms with Crippen molar-refractivity contribution in [2.24, 2.45) is 11.7 Å². The number of nitrogens with two attached hydrogens (primary N) is 1. The van der Waals surface area contributed by atoms with Crippen molar-refractivity contribution in [1.29, 1.82) is 0 Å². The summed E-state index contributed by atoms with van der Waals surface area (Å²) in [7, 11) is 0. The fourth-order valence-electron chi connectivity index (χ4n) is 3.89. The maximum absolute atomic E-state index is 13.1. The van der Waals surface area contributed by atoms with Gasteiger partial charge in [0.15, 0.2) is 0 Å². The van der Waals surface area contributed by atoms with Gasteiger partial charge in [-0.1, -0.05) is 44.4 Å². The first-order valence-electron chi connectivity index (χ1n) is 9.40. The fourth-order valence-corrected chi connectivity index (χ4v) is 3.89. The van der Waals surface area contributed by atoms with Crippen molar-refractivity contribution in [3.63, 3.8) is 0 Å². The molecule has 1 aliphatic rings. The van der Waals surface area contributed by atoms with Gasteiger partial charge in [-0.15, -0.1) is 0 Å². The van der Waals surface area contributed by atoms with Crippen molar-refractivity contribution in [3.8, 4) is 0 Å². The van der Waals surface area contributed by atoms with E-state index in [2.05, 4.69) is 18.7 Å². The lowest BCUT2D eigenvalue weighted by atomic mass is 9.76. The van der Waals surface area contributed by atoms with Crippen LogP contribution in [-0.2, 0) is 12.7 Å². The van der Waals surface area contributed by atoms with E-state index in [4.69, 9.17) is 5.73 Å². The molecule has 1 aromatic carbocycles. The van der Waals surface area contributed by atoms with Crippen molar-refractivity contribution in [2.45, 2.75) is 70.6 Å². The smallest absolute Gasteiger partial charge is 0.325 e. The van der Waals surface area contributed by atoms with Gasteiger partial charge in [-0.3, -0.25) is 4.90 Å². The zero-order chi connectivity index (χ0) is 18.5. The number of halogens is 3. The van der Waals surface area contributed by atoms with Crippen LogP contribution in [0.25, 0.3) is 0 Å². The minimum absolute atomic E-state index is 0.162. The molecule has 25 heavy (non-hydrogen) atoms. The molecule has 142 valence electrons. The normalized spacial score (nSPS) is 19.8. The van der Waals surface area contributed by atoms with Crippen LogP contribution in [0.2, 0.25) is 0 Å². The topological polar surface area (TPSA) is 29.3 Å². The lowest BCUT2D eigenvalue weighted by molar-refractivity contribution is -0.138. The van der Waals surface area contributed by atoms with Gasteiger partial charge in [-0.2, -0.15) is 13.2 Å². The Labute approximate surface area is 149 Å². The van der Waals surface area contributed by atoms with Crippen molar-refractivity contribution < 1.29 is 13.2 Å². The summed E-state index contributed by atoms with van der Waals surface area (Å²) in [6, 6.07) is 5.90. The maximum atomic E-state index is 13.1. The molecule has 0 saturated carbocycles. The van der Waals surface area contributed by atoms with Crippen LogP contribution in [0.5, 0.6) is 0 Å². The van der Waals surface area contributed by atoms with E-state index in [0.717, 1.165) is 38.8 Å². The number of nitrogens with zero attached hydrogens (tertiary/aromatic N) is 1. The molecule has 1 atom stereocenters. The second kappa shape index (κ2) is 8.54. The van der Waals surface area contributed by atoms with E-state index in [1.54, 1.807) is 12.1 Å². The van der Waals surface area contributed by atoms with Crippen LogP contribution >= 0.6 is 0 Å². The number of alkyl halides is 3. The summed E-state index contributed by atoms with van der Waals surface area (Å²) >= 11 is 0. The quantitative estimate of drug-likeness (QED) is 0.679. The van der Waals surface area contributed by atoms with Crippen molar-refractivity contribution >= 4 is 0 Å². The number of hydrogen-bond acceptors (Lipinski definition) is 2. The zero-order valence-electron chi connectivity index (χ0n) is 15.4. The molecule has 2 N–H and O–H groups in total. The predicted octanol–water partition coefficient (Wildman–Crippen LogP) is 5.22. The van der Waals surface area contributed by atoms with Gasteiger partial charge in [-0.25, -0.2) is 0 Å². The Bertz CT molecular complexity index is 532. The molecular weight excluding hydrogens is 325 g/mol. The Morgan fingerprint density at radius 1 is 1.12 bits per heavy atom. The van der Waals surface area contributed by atoms with E-state index in [9.17, 15) is 13.2 Å². The molecule has 2 nitrogen and oxygen atoms in total. The molecule has 1 aliphatic heterocycles. The molecule has 1 heterocycles. The molecule has 1 aromatic rings. The predicted molar refractivity (Wildman–Crippen MR) is 96.2 cm³/mol. The molecule has 0 spiro atoms. The summed E-state index contributed by atoms with van der Waals surface area (Å²) in [6.07, 6.45) is 2.22. The first kappa shape index (κ1) is 20.2. The Morgan fingerprint density at radius 2 is 1.76 bits per heavy atom. The van der Waals surface area contributed by atoms with E-state index < -0.39 is 11.7 Å². The van der Waals surface area contributed by atoms with Crippen LogP contribution in [0.1, 0.15) is 63.5 Å². The van der Waals surface area contributed by atoms with Crippen molar-refractivity contribution in [3.05, 3.63) is 35.4 Å². The highest BCUT2D eigenvalue weighted by Gasteiger charge is 2.35. The molecule has 2 rings (SSSR count). The molecule has 0 bridgehead atoms. The average molecular weight is 356 g/mol. The lowest BCUT2D eigenvalue weighted by Crippen LogP contribution is -2.49. The van der Waals surface area contributed by atoms with Gasteiger partial charge in [0, 0.05) is 12.1 Å². The van der Waals surface area contributed by atoms with E-state index in [-0.39, 0.29) is 5.54 Å². The summed E-state index contributed by atoms with van der Waals surface area (Å²) in [5, 5.41) is 0. The Kier molecular flexibility index (Phi) is 6.92. The molecule has 1 unspecified atom stereocenters. The number of likely N-dealkylation sites (tertiary alicyclic amines) is 1. The Balaban J connectivity index is 1.91. The van der Waals surface area contributed by atoms with E-state index >= 15 is 0 Å². The summed E-state index contributed by atoms with van der Waals surface area (Å²) in [5.41, 5.74) is 6.24. The highest BCUT2D eigenvalue weighted by molar-refractivity contribution is 5.29. The SMILES string of the molecule is CCCCCC(C)(N)C1CCN(Cc2ccccc2C(F)(F)F)CC1. The molecular formula is C20H31F3N2. The minimum atomic E-state index is -4.29. The monoisotopic (exact) mass is 356 g/mol. The minimum Gasteiger partial charge on any atom is -0.325 e. The van der Waals surface area contributed by atoms with Crippen LogP contribution in [0, 0.1) is 5.92 Å². The molecule has 5 heteroatoms. The first-order chi connectivity index (χ1) is 11.7. The second-order valence-corrected chi connectivity index (χ2v) is 7.67. The highest BCUT2D eigenvalue weighted by atomic mass is 19.4. The van der Waals surface area contributed by atoms with Crippen LogP contribution in [0.4, 0.5) is 13.2 Å². The number of rotatable bonds is 7. The Hall–Kier alpha value is -1.07. The standard InChI is InChI=1S/C20H31F3N2/c1-3-4-7-12-19(2,24)17-10-13-25(14-11-17)15-16-8-5-6-9-18(16)20(21,22)23/h5-6,8-9,17H,3-4,7,10-15,24H2,1-2H3. The van der Waals surface area contributed by atoms with Gasteiger partial charge in [0.1, 0.15) is 0 Å². The van der Waals surface area contributed by atoms with Crippen LogP contribution in [-0.4, -0.2) is 23.5 Å². The molecule has 0 aliphatic carbocycles. The first-order valence-corrected chi connectivity index (χ1v) is 9.40. The van der Waals surface area contributed by atoms with Crippen LogP contribution < -0.4 is 5.73 Å². The van der Waals surface area contributed by atoms with Gasteiger partial charge in [-0.05, 0) is 56.8 Å². The molecule has 1 saturated heterocycles. The number of unbranched alkanes of at least 4 members (excludes halogenated alkanes) is 2. The van der Waals surface area contributed by atoms with E-state index in [0.29, 0.717) is 18.0 Å². The third-order valence-electron chi connectivity index (χ3n) is 5.56. The molecule has 0 aromatic heterocycles. The van der Waals surface area contributed by atoms with Gasteiger partial charge in [0.05, 0.1) is 5.56 Å². The Morgan fingerprint density at radius 3 is 2.36 bits per heavy atom. The summed E-state index contributed by atoms with van der Waals surface area (Å²) in [6.45, 7) is 6.32. The molecule has 0 amide bonds. The summed E-state index contributed by atoms with van der Waals surface area (Å²) < 4.78 is 39.4. The second-order valence-electron chi connectivity index (χ2n) is 7.67. The van der Waals surface area contributed by atoms with E-state index in [1.807, 2.05) is 0 Å². The van der Waals surface area contributed by atoms with Crippen molar-refractivity contribution in [1.82, 2.24) is 4.90 Å². The summed E-state index contributed by atoms with van der Waals surface area (Å²) in [5.74, 6) is 0.457. The third kappa shape index (κ3) is 5.71. The largest absolute Gasteiger partial charge is 0.416 e. The number of hydrogen-bond donors (Lipinski definition) is 1. The molecule has 0 radical (unpaired) electrons. The van der Waals surface area contributed by atoms with Crippen LogP contribution in [0.3, 0.4) is 0 Å². The fraction of sp³-hybridized carbons (Fsp3) is 0.700. The zero-order valence-corrected chi connectivity index (χ0v) is 15.4. The van der Waals surface area contributed by atoms with Crippen molar-refractivity contribution in [2.75, 3.05) is 13.1 Å². The number of benzene rings is 1. The van der Waals surface area contributed by atoms with Gasteiger partial charge in [0.25, 0.3) is 0 Å². The third-order valence-corrected chi connectivity index (χ3v) is 5.56. The lowest BCUT2D eigenvalue weighted by Gasteiger charge is -2.41. The van der Waals surface area contributed by atoms with Crippen LogP contribution in [0.15, 0.2) is 24.3 Å². The number of piperidine rings is 1.